The molecule has 1 aliphatic rings. The lowest BCUT2D eigenvalue weighted by Crippen LogP contribution is -2.27. The first kappa shape index (κ1) is 15.9. The Morgan fingerprint density at radius 3 is 2.40 bits per heavy atom. The molecule has 0 aromatic heterocycles. The molecule has 112 valence electrons. The third-order valence-electron chi connectivity index (χ3n) is 3.83. The van der Waals surface area contributed by atoms with Crippen LogP contribution in [0.1, 0.15) is 37.7 Å². The number of thioether (sulfide) groups is 1. The Hall–Kier alpha value is -0.510. The molecule has 1 atom stereocenters. The molecule has 1 saturated carbocycles. The fraction of sp³-hybridized carbons (Fsp3) is 0.647. The molecule has 20 heavy (non-hydrogen) atoms. The highest BCUT2D eigenvalue weighted by atomic mass is 32.2. The van der Waals surface area contributed by atoms with Crippen LogP contribution in [0, 0.1) is 0 Å². The minimum Gasteiger partial charge on any atom is -0.391 e. The van der Waals surface area contributed by atoms with Gasteiger partial charge in [-0.3, -0.25) is 0 Å². The van der Waals surface area contributed by atoms with E-state index >= 15 is 0 Å². The average molecular weight is 293 g/mol. The average Bonchev–Trinajstić information content (AvgIpc) is 2.41. The summed E-state index contributed by atoms with van der Waals surface area (Å²) in [5.41, 5.74) is 1.23. The van der Waals surface area contributed by atoms with Gasteiger partial charge in [-0.15, -0.1) is 11.8 Å². The quantitative estimate of drug-likeness (QED) is 0.867. The molecule has 2 nitrogen and oxygen atoms in total. The Morgan fingerprint density at radius 1 is 1.15 bits per heavy atom. The Labute approximate surface area is 127 Å². The first-order valence-electron chi connectivity index (χ1n) is 7.72. The van der Waals surface area contributed by atoms with Gasteiger partial charge in [-0.1, -0.05) is 31.4 Å². The summed E-state index contributed by atoms with van der Waals surface area (Å²) in [4.78, 5) is 3.40. The highest BCUT2D eigenvalue weighted by Gasteiger charge is 2.14. The van der Waals surface area contributed by atoms with Crippen molar-refractivity contribution in [3.8, 4) is 0 Å². The van der Waals surface area contributed by atoms with E-state index in [0.717, 1.165) is 18.2 Å². The first-order valence-corrected chi connectivity index (χ1v) is 8.60. The lowest BCUT2D eigenvalue weighted by molar-refractivity contribution is 0.137. The molecule has 1 N–H and O–H groups in total. The Kier molecular flexibility index (Phi) is 6.40. The minimum absolute atomic E-state index is 0.276. The maximum Gasteiger partial charge on any atom is 0.0707 e. The lowest BCUT2D eigenvalue weighted by Gasteiger charge is -2.21. The zero-order valence-corrected chi connectivity index (χ0v) is 13.5. The van der Waals surface area contributed by atoms with E-state index in [2.05, 4.69) is 24.3 Å². The topological polar surface area (TPSA) is 23.5 Å². The van der Waals surface area contributed by atoms with Crippen molar-refractivity contribution >= 4 is 11.8 Å². The van der Waals surface area contributed by atoms with Crippen LogP contribution in [0.2, 0.25) is 0 Å². The highest BCUT2D eigenvalue weighted by Crippen LogP contribution is 2.33. The molecule has 0 saturated heterocycles. The molecule has 3 heteroatoms. The smallest absolute Gasteiger partial charge is 0.0707 e. The monoisotopic (exact) mass is 293 g/mol. The summed E-state index contributed by atoms with van der Waals surface area (Å²) in [5.74, 6) is 0. The number of aliphatic hydroxyl groups is 1. The Balaban J connectivity index is 1.82. The van der Waals surface area contributed by atoms with Gasteiger partial charge in [0.1, 0.15) is 0 Å². The molecule has 1 unspecified atom stereocenters. The molecule has 0 bridgehead atoms. The van der Waals surface area contributed by atoms with Crippen molar-refractivity contribution in [2.75, 3.05) is 20.6 Å². The van der Waals surface area contributed by atoms with Crippen molar-refractivity contribution < 1.29 is 5.11 Å². The van der Waals surface area contributed by atoms with E-state index in [0.29, 0.717) is 0 Å². The highest BCUT2D eigenvalue weighted by molar-refractivity contribution is 8.00. The molecule has 1 aliphatic carbocycles. The van der Waals surface area contributed by atoms with Crippen molar-refractivity contribution in [1.82, 2.24) is 4.90 Å². The summed E-state index contributed by atoms with van der Waals surface area (Å²) in [6, 6.07) is 8.78. The van der Waals surface area contributed by atoms with Crippen molar-refractivity contribution in [2.24, 2.45) is 0 Å². The number of aliphatic hydroxyl groups excluding tert-OH is 1. The van der Waals surface area contributed by atoms with Crippen LogP contribution < -0.4 is 0 Å². The largest absolute Gasteiger partial charge is 0.391 e. The fourth-order valence-corrected chi connectivity index (χ4v) is 4.08. The maximum atomic E-state index is 9.96. The summed E-state index contributed by atoms with van der Waals surface area (Å²) in [7, 11) is 3.99. The van der Waals surface area contributed by atoms with Gasteiger partial charge < -0.3 is 10.0 Å². The third kappa shape index (κ3) is 5.47. The second-order valence-corrected chi connectivity index (χ2v) is 7.52. The van der Waals surface area contributed by atoms with Gasteiger partial charge in [0, 0.05) is 16.7 Å². The van der Waals surface area contributed by atoms with Crippen LogP contribution in [-0.4, -0.2) is 42.0 Å². The van der Waals surface area contributed by atoms with E-state index in [9.17, 15) is 5.11 Å². The van der Waals surface area contributed by atoms with Crippen molar-refractivity contribution in [3.63, 3.8) is 0 Å². The zero-order valence-electron chi connectivity index (χ0n) is 12.7. The predicted molar refractivity (Wildman–Crippen MR) is 87.4 cm³/mol. The van der Waals surface area contributed by atoms with Gasteiger partial charge in [0.05, 0.1) is 6.10 Å². The number of rotatable bonds is 6. The summed E-state index contributed by atoms with van der Waals surface area (Å²) < 4.78 is 0. The van der Waals surface area contributed by atoms with Gasteiger partial charge in [-0.2, -0.15) is 0 Å². The summed E-state index contributed by atoms with van der Waals surface area (Å²) in [6.45, 7) is 0.721. The van der Waals surface area contributed by atoms with Gasteiger partial charge in [0.25, 0.3) is 0 Å². The van der Waals surface area contributed by atoms with Crippen molar-refractivity contribution in [3.05, 3.63) is 29.8 Å². The summed E-state index contributed by atoms with van der Waals surface area (Å²) >= 11 is 2.03. The molecule has 1 aromatic carbocycles. The van der Waals surface area contributed by atoms with Gasteiger partial charge in [0.2, 0.25) is 0 Å². The molecule has 2 rings (SSSR count). The normalized spacial score (nSPS) is 18.4. The zero-order chi connectivity index (χ0) is 14.4. The second kappa shape index (κ2) is 8.06. The lowest BCUT2D eigenvalue weighted by atomic mass is 10.0. The molecule has 0 amide bonds. The van der Waals surface area contributed by atoms with E-state index in [1.807, 2.05) is 30.8 Å². The number of hydrogen-bond donors (Lipinski definition) is 1. The van der Waals surface area contributed by atoms with Crippen molar-refractivity contribution in [2.45, 2.75) is 54.8 Å². The van der Waals surface area contributed by atoms with E-state index in [1.54, 1.807) is 0 Å². The predicted octanol–water partition coefficient (Wildman–Crippen LogP) is 3.58. The van der Waals surface area contributed by atoms with Gasteiger partial charge in [-0.05, 0) is 51.1 Å². The van der Waals surface area contributed by atoms with Crippen LogP contribution >= 0.6 is 11.8 Å². The first-order chi connectivity index (χ1) is 9.63. The van der Waals surface area contributed by atoms with Gasteiger partial charge in [0.15, 0.2) is 0 Å². The second-order valence-electron chi connectivity index (χ2n) is 6.14. The number of benzene rings is 1. The van der Waals surface area contributed by atoms with Crippen LogP contribution in [0.5, 0.6) is 0 Å². The van der Waals surface area contributed by atoms with Crippen LogP contribution in [0.15, 0.2) is 29.2 Å². The molecule has 1 aromatic rings. The van der Waals surface area contributed by atoms with E-state index < -0.39 is 0 Å². The maximum absolute atomic E-state index is 9.96. The number of likely N-dealkylation sites (N-methyl/N-ethyl adjacent to an activating group) is 1. The fourth-order valence-electron chi connectivity index (χ4n) is 2.84. The van der Waals surface area contributed by atoms with Crippen molar-refractivity contribution in [1.29, 1.82) is 0 Å². The number of nitrogens with zero attached hydrogens (tertiary/aromatic N) is 1. The SMILES string of the molecule is CN(C)CC(O)Cc1ccc(SC2CCCCC2)cc1. The van der Waals surface area contributed by atoms with E-state index in [1.165, 1.54) is 42.6 Å². The summed E-state index contributed by atoms with van der Waals surface area (Å²) in [5, 5.41) is 10.8. The van der Waals surface area contributed by atoms with Crippen LogP contribution in [0.25, 0.3) is 0 Å². The molecular weight excluding hydrogens is 266 g/mol. The molecule has 0 heterocycles. The van der Waals surface area contributed by atoms with Crippen LogP contribution in [-0.2, 0) is 6.42 Å². The van der Waals surface area contributed by atoms with Crippen LogP contribution in [0.4, 0.5) is 0 Å². The van der Waals surface area contributed by atoms with Gasteiger partial charge >= 0.3 is 0 Å². The van der Waals surface area contributed by atoms with Gasteiger partial charge in [-0.25, -0.2) is 0 Å². The molecule has 1 fully saturated rings. The van der Waals surface area contributed by atoms with E-state index in [-0.39, 0.29) is 6.10 Å². The Morgan fingerprint density at radius 2 is 1.80 bits per heavy atom. The van der Waals surface area contributed by atoms with Crippen LogP contribution in [0.3, 0.4) is 0 Å². The third-order valence-corrected chi connectivity index (χ3v) is 5.17. The molecule has 0 radical (unpaired) electrons. The minimum atomic E-state index is -0.276. The standard InChI is InChI=1S/C17H27NOS/c1-18(2)13-15(19)12-14-8-10-17(11-9-14)20-16-6-4-3-5-7-16/h8-11,15-16,19H,3-7,12-13H2,1-2H3. The van der Waals surface area contributed by atoms with E-state index in [4.69, 9.17) is 0 Å². The molecule has 0 spiro atoms. The Bertz CT molecular complexity index is 384. The molecular formula is C17H27NOS. The number of hydrogen-bond acceptors (Lipinski definition) is 3. The molecule has 0 aliphatic heterocycles. The summed E-state index contributed by atoms with van der Waals surface area (Å²) in [6.07, 6.45) is 7.41.